The molecule has 0 saturated heterocycles. The van der Waals surface area contributed by atoms with Crippen LogP contribution in [0.2, 0.25) is 0 Å². The summed E-state index contributed by atoms with van der Waals surface area (Å²) in [5, 5.41) is 6.88. The molecule has 0 fully saturated rings. The van der Waals surface area contributed by atoms with E-state index in [4.69, 9.17) is 9.47 Å². The molecule has 8 heteroatoms. The first-order chi connectivity index (χ1) is 16.6. The number of para-hydroxylation sites is 1. The first kappa shape index (κ1) is 23.8. The van der Waals surface area contributed by atoms with Gasteiger partial charge >= 0.3 is 4.87 Å². The van der Waals surface area contributed by atoms with Gasteiger partial charge in [-0.15, -0.1) is 11.3 Å². The van der Waals surface area contributed by atoms with Crippen LogP contribution < -0.4 is 19.7 Å². The predicted octanol–water partition coefficient (Wildman–Crippen LogP) is 5.40. The van der Waals surface area contributed by atoms with Crippen molar-refractivity contribution in [3.05, 3.63) is 85.5 Å². The SMILES string of the molecule is COc1cccc(-n2c(-c3cccc(C(=O)NCCCCc4cccs4)c3)csc2=O)c1OC. The average Bonchev–Trinajstić information content (AvgIpc) is 3.52. The van der Waals surface area contributed by atoms with Crippen LogP contribution in [0.4, 0.5) is 0 Å². The summed E-state index contributed by atoms with van der Waals surface area (Å²) in [4.78, 5) is 26.8. The smallest absolute Gasteiger partial charge is 0.312 e. The maximum Gasteiger partial charge on any atom is 0.312 e. The molecule has 1 N–H and O–H groups in total. The van der Waals surface area contributed by atoms with E-state index < -0.39 is 0 Å². The molecule has 0 spiro atoms. The van der Waals surface area contributed by atoms with Gasteiger partial charge in [-0.2, -0.15) is 0 Å². The number of nitrogens with one attached hydrogen (secondary N) is 1. The zero-order valence-corrected chi connectivity index (χ0v) is 20.7. The lowest BCUT2D eigenvalue weighted by molar-refractivity contribution is 0.0953. The Kier molecular flexibility index (Phi) is 7.82. The minimum atomic E-state index is -0.151. The minimum Gasteiger partial charge on any atom is -0.493 e. The second-order valence-electron chi connectivity index (χ2n) is 7.61. The van der Waals surface area contributed by atoms with Crippen LogP contribution in [-0.2, 0) is 6.42 Å². The van der Waals surface area contributed by atoms with Crippen LogP contribution in [0.1, 0.15) is 28.1 Å². The number of hydrogen-bond donors (Lipinski definition) is 1. The van der Waals surface area contributed by atoms with E-state index in [9.17, 15) is 9.59 Å². The second kappa shape index (κ2) is 11.2. The number of benzene rings is 2. The van der Waals surface area contributed by atoms with E-state index in [-0.39, 0.29) is 10.8 Å². The maximum atomic E-state index is 12.8. The highest BCUT2D eigenvalue weighted by molar-refractivity contribution is 7.09. The van der Waals surface area contributed by atoms with E-state index in [1.165, 1.54) is 4.88 Å². The predicted molar refractivity (Wildman–Crippen MR) is 138 cm³/mol. The Hall–Kier alpha value is -3.36. The van der Waals surface area contributed by atoms with Gasteiger partial charge in [-0.3, -0.25) is 14.2 Å². The Bertz CT molecular complexity index is 1310. The van der Waals surface area contributed by atoms with E-state index >= 15 is 0 Å². The third-order valence-electron chi connectivity index (χ3n) is 5.45. The van der Waals surface area contributed by atoms with Crippen LogP contribution in [0.25, 0.3) is 16.9 Å². The largest absolute Gasteiger partial charge is 0.493 e. The summed E-state index contributed by atoms with van der Waals surface area (Å²) in [6.45, 7) is 0.624. The lowest BCUT2D eigenvalue weighted by atomic mass is 10.1. The summed E-state index contributed by atoms with van der Waals surface area (Å²) in [5.41, 5.74) is 2.60. The highest BCUT2D eigenvalue weighted by Gasteiger charge is 2.18. The lowest BCUT2D eigenvalue weighted by Gasteiger charge is -2.15. The number of methoxy groups -OCH3 is 2. The molecular formula is C26H26N2O4S2. The van der Waals surface area contributed by atoms with Gasteiger partial charge in [-0.25, -0.2) is 0 Å². The first-order valence-electron chi connectivity index (χ1n) is 10.9. The molecule has 1 amide bonds. The molecule has 0 radical (unpaired) electrons. The summed E-state index contributed by atoms with van der Waals surface area (Å²) in [6, 6.07) is 16.9. The lowest BCUT2D eigenvalue weighted by Crippen LogP contribution is -2.24. The van der Waals surface area contributed by atoms with E-state index in [1.54, 1.807) is 47.6 Å². The van der Waals surface area contributed by atoms with Gasteiger partial charge in [0.25, 0.3) is 5.91 Å². The van der Waals surface area contributed by atoms with Crippen molar-refractivity contribution in [2.75, 3.05) is 20.8 Å². The monoisotopic (exact) mass is 494 g/mol. The molecule has 0 unspecified atom stereocenters. The summed E-state index contributed by atoms with van der Waals surface area (Å²) in [6.07, 6.45) is 2.99. The van der Waals surface area contributed by atoms with Crippen molar-refractivity contribution in [1.29, 1.82) is 0 Å². The van der Waals surface area contributed by atoms with Gasteiger partial charge in [0.1, 0.15) is 0 Å². The molecule has 0 bridgehead atoms. The van der Waals surface area contributed by atoms with Crippen molar-refractivity contribution >= 4 is 28.6 Å². The Morgan fingerprint density at radius 2 is 1.85 bits per heavy atom. The Balaban J connectivity index is 1.51. The van der Waals surface area contributed by atoms with Gasteiger partial charge in [0.2, 0.25) is 0 Å². The third kappa shape index (κ3) is 5.24. The molecule has 6 nitrogen and oxygen atoms in total. The molecule has 0 aliphatic rings. The number of aryl methyl sites for hydroxylation is 1. The van der Waals surface area contributed by atoms with Crippen LogP contribution in [-0.4, -0.2) is 31.2 Å². The summed E-state index contributed by atoms with van der Waals surface area (Å²) < 4.78 is 12.5. The minimum absolute atomic E-state index is 0.124. The van der Waals surface area contributed by atoms with Crippen molar-refractivity contribution in [1.82, 2.24) is 9.88 Å². The van der Waals surface area contributed by atoms with Crippen LogP contribution in [0.3, 0.4) is 0 Å². The maximum absolute atomic E-state index is 12.8. The second-order valence-corrected chi connectivity index (χ2v) is 9.46. The number of unbranched alkanes of at least 4 members (excludes halogenated alkanes) is 1. The van der Waals surface area contributed by atoms with Gasteiger partial charge in [0.15, 0.2) is 11.5 Å². The highest BCUT2D eigenvalue weighted by atomic mass is 32.1. The number of thiophene rings is 1. The van der Waals surface area contributed by atoms with Crippen LogP contribution in [0.5, 0.6) is 11.5 Å². The number of carbonyl (C=O) groups is 1. The topological polar surface area (TPSA) is 69.6 Å². The molecule has 176 valence electrons. The quantitative estimate of drug-likeness (QED) is 0.300. The highest BCUT2D eigenvalue weighted by Crippen LogP contribution is 2.35. The molecule has 4 aromatic rings. The van der Waals surface area contributed by atoms with Crippen molar-refractivity contribution < 1.29 is 14.3 Å². The number of thiazole rings is 1. The zero-order valence-electron chi connectivity index (χ0n) is 19.1. The molecule has 2 heterocycles. The molecule has 4 rings (SSSR count). The summed E-state index contributed by atoms with van der Waals surface area (Å²) >= 11 is 2.86. The number of aromatic nitrogens is 1. The number of amides is 1. The number of hydrogen-bond acceptors (Lipinski definition) is 6. The molecule has 0 saturated carbocycles. The fourth-order valence-corrected chi connectivity index (χ4v) is 5.29. The summed E-state index contributed by atoms with van der Waals surface area (Å²) in [7, 11) is 3.10. The number of carbonyl (C=O) groups excluding carboxylic acids is 1. The molecule has 2 aromatic heterocycles. The number of nitrogens with zero attached hydrogens (tertiary/aromatic N) is 1. The van der Waals surface area contributed by atoms with Crippen LogP contribution in [0.15, 0.2) is 70.2 Å². The molecule has 0 aliphatic carbocycles. The standard InChI is InChI=1S/C26H26N2O4S2/c1-31-23-13-6-12-21(24(23)32-2)28-22(17-34-26(28)30)18-8-5-9-19(16-18)25(29)27-14-4-3-10-20-11-7-15-33-20/h5-9,11-13,15-17H,3-4,10,14H2,1-2H3,(H,27,29). The van der Waals surface area contributed by atoms with Gasteiger partial charge in [-0.05, 0) is 55.0 Å². The third-order valence-corrected chi connectivity index (χ3v) is 7.12. The Morgan fingerprint density at radius 1 is 1.00 bits per heavy atom. The normalized spacial score (nSPS) is 10.8. The van der Waals surface area contributed by atoms with E-state index in [2.05, 4.69) is 22.8 Å². The number of rotatable bonds is 10. The Morgan fingerprint density at radius 3 is 2.62 bits per heavy atom. The fourth-order valence-electron chi connectivity index (χ4n) is 3.78. The van der Waals surface area contributed by atoms with Gasteiger partial charge in [0.05, 0.1) is 25.6 Å². The molecule has 0 aliphatic heterocycles. The average molecular weight is 495 g/mol. The Labute approximate surface area is 206 Å². The van der Waals surface area contributed by atoms with Crippen molar-refractivity contribution in [2.24, 2.45) is 0 Å². The van der Waals surface area contributed by atoms with E-state index in [0.29, 0.717) is 35.0 Å². The molecule has 0 atom stereocenters. The summed E-state index contributed by atoms with van der Waals surface area (Å²) in [5.74, 6) is 0.889. The van der Waals surface area contributed by atoms with Crippen molar-refractivity contribution in [3.63, 3.8) is 0 Å². The van der Waals surface area contributed by atoms with Crippen molar-refractivity contribution in [3.8, 4) is 28.4 Å². The van der Waals surface area contributed by atoms with Crippen LogP contribution >= 0.6 is 22.7 Å². The number of ether oxygens (including phenoxy) is 2. The van der Waals surface area contributed by atoms with Crippen molar-refractivity contribution in [2.45, 2.75) is 19.3 Å². The van der Waals surface area contributed by atoms with E-state index in [1.807, 2.05) is 30.3 Å². The van der Waals surface area contributed by atoms with Gasteiger partial charge < -0.3 is 14.8 Å². The molecule has 2 aromatic carbocycles. The fraction of sp³-hybridized carbons (Fsp3) is 0.231. The molecule has 34 heavy (non-hydrogen) atoms. The van der Waals surface area contributed by atoms with Gasteiger partial charge in [-0.1, -0.05) is 35.6 Å². The molecular weight excluding hydrogens is 468 g/mol. The van der Waals surface area contributed by atoms with Gasteiger partial charge in [0, 0.05) is 27.9 Å². The van der Waals surface area contributed by atoms with Crippen LogP contribution in [0, 0.1) is 0 Å². The first-order valence-corrected chi connectivity index (χ1v) is 12.7. The zero-order chi connectivity index (χ0) is 23.9. The van der Waals surface area contributed by atoms with E-state index in [0.717, 1.165) is 36.2 Å².